The number of rotatable bonds is 3. The zero-order valence-electron chi connectivity index (χ0n) is 13.2. The number of hydrogen-bond donors (Lipinski definition) is 1. The van der Waals surface area contributed by atoms with Gasteiger partial charge in [-0.15, -0.1) is 0 Å². The molecule has 3 nitrogen and oxygen atoms in total. The highest BCUT2D eigenvalue weighted by atomic mass is 32.2. The molecular weight excluding hydrogens is 256 g/mol. The monoisotopic (exact) mass is 286 g/mol. The number of nitrogens with one attached hydrogen (secondary N) is 1. The van der Waals surface area contributed by atoms with Crippen LogP contribution in [0.2, 0.25) is 0 Å². The van der Waals surface area contributed by atoms with Crippen LogP contribution < -0.4 is 5.32 Å². The Morgan fingerprint density at radius 2 is 1.89 bits per heavy atom. The lowest BCUT2D eigenvalue weighted by molar-refractivity contribution is -0.0793. The Hall–Kier alpha value is 0.230. The van der Waals surface area contributed by atoms with E-state index in [1.807, 2.05) is 0 Å². The van der Waals surface area contributed by atoms with Gasteiger partial charge in [0.05, 0.1) is 11.2 Å². The Labute approximate surface area is 122 Å². The van der Waals surface area contributed by atoms with Crippen molar-refractivity contribution in [2.75, 3.05) is 38.2 Å². The van der Waals surface area contributed by atoms with Crippen LogP contribution in [0, 0.1) is 5.92 Å². The Kier molecular flexibility index (Phi) is 4.87. The summed E-state index contributed by atoms with van der Waals surface area (Å²) in [4.78, 5) is 2.64. The Morgan fingerprint density at radius 3 is 2.58 bits per heavy atom. The van der Waals surface area contributed by atoms with Gasteiger partial charge < -0.3 is 15.0 Å². The third-order valence-corrected chi connectivity index (χ3v) is 5.70. The van der Waals surface area contributed by atoms with Crippen LogP contribution in [0.1, 0.15) is 34.1 Å². The van der Waals surface area contributed by atoms with Gasteiger partial charge in [0.25, 0.3) is 0 Å². The largest absolute Gasteiger partial charge is 0.368 e. The number of thioether (sulfide) groups is 1. The first-order valence-electron chi connectivity index (χ1n) is 7.54. The zero-order chi connectivity index (χ0) is 14.1. The van der Waals surface area contributed by atoms with Crippen molar-refractivity contribution in [1.29, 1.82) is 0 Å². The molecule has 2 rings (SSSR count). The second-order valence-corrected chi connectivity index (χ2v) is 8.17. The Balaban J connectivity index is 2.07. The van der Waals surface area contributed by atoms with Gasteiger partial charge in [-0.05, 0) is 53.5 Å². The first-order valence-corrected chi connectivity index (χ1v) is 8.70. The highest BCUT2D eigenvalue weighted by Crippen LogP contribution is 2.42. The summed E-state index contributed by atoms with van der Waals surface area (Å²) < 4.78 is 6.33. The molecular formula is C15H30N2OS. The molecule has 2 aliphatic heterocycles. The normalized spacial score (nSPS) is 35.2. The molecule has 112 valence electrons. The summed E-state index contributed by atoms with van der Waals surface area (Å²) in [5.41, 5.74) is -0.125. The van der Waals surface area contributed by atoms with E-state index in [1.165, 1.54) is 31.0 Å². The number of likely N-dealkylation sites (N-methyl/N-ethyl adjacent to an activating group) is 1. The second-order valence-electron chi connectivity index (χ2n) is 6.95. The molecule has 2 saturated heterocycles. The van der Waals surface area contributed by atoms with Gasteiger partial charge in [0.2, 0.25) is 0 Å². The van der Waals surface area contributed by atoms with Crippen molar-refractivity contribution >= 4 is 11.8 Å². The highest BCUT2D eigenvalue weighted by Gasteiger charge is 2.53. The molecule has 2 fully saturated rings. The van der Waals surface area contributed by atoms with Crippen molar-refractivity contribution in [2.45, 2.75) is 51.4 Å². The smallest absolute Gasteiger partial charge is 0.0790 e. The van der Waals surface area contributed by atoms with Gasteiger partial charge in [0, 0.05) is 30.8 Å². The van der Waals surface area contributed by atoms with E-state index in [2.05, 4.69) is 56.7 Å². The summed E-state index contributed by atoms with van der Waals surface area (Å²) in [5, 5.41) is 3.51. The molecule has 0 amide bonds. The molecule has 0 aromatic rings. The van der Waals surface area contributed by atoms with Gasteiger partial charge in [-0.3, -0.25) is 0 Å². The molecule has 2 unspecified atom stereocenters. The predicted octanol–water partition coefficient (Wildman–Crippen LogP) is 2.22. The van der Waals surface area contributed by atoms with E-state index in [0.29, 0.717) is 12.0 Å². The van der Waals surface area contributed by atoms with Crippen LogP contribution in [0.3, 0.4) is 0 Å². The average molecular weight is 286 g/mol. The van der Waals surface area contributed by atoms with Gasteiger partial charge in [-0.25, -0.2) is 0 Å². The van der Waals surface area contributed by atoms with Gasteiger partial charge >= 0.3 is 0 Å². The molecule has 0 radical (unpaired) electrons. The topological polar surface area (TPSA) is 24.5 Å². The van der Waals surface area contributed by atoms with Gasteiger partial charge in [0.1, 0.15) is 0 Å². The fourth-order valence-corrected chi connectivity index (χ4v) is 4.76. The third-order valence-electron chi connectivity index (χ3n) is 4.65. The fraction of sp³-hybridized carbons (Fsp3) is 1.00. The number of ether oxygens (including phenoxy) is 1. The van der Waals surface area contributed by atoms with Crippen LogP contribution in [0.25, 0.3) is 0 Å². The van der Waals surface area contributed by atoms with Crippen LogP contribution in [-0.2, 0) is 4.74 Å². The fourth-order valence-electron chi connectivity index (χ4n) is 3.84. The molecule has 2 atom stereocenters. The first kappa shape index (κ1) is 15.6. The third kappa shape index (κ3) is 3.46. The van der Waals surface area contributed by atoms with Crippen LogP contribution in [0.5, 0.6) is 0 Å². The van der Waals surface area contributed by atoms with E-state index in [0.717, 1.165) is 6.54 Å². The molecule has 0 aromatic carbocycles. The molecule has 19 heavy (non-hydrogen) atoms. The van der Waals surface area contributed by atoms with Gasteiger partial charge in [-0.2, -0.15) is 11.8 Å². The van der Waals surface area contributed by atoms with Crippen molar-refractivity contribution in [2.24, 2.45) is 5.92 Å². The minimum absolute atomic E-state index is 0.0450. The van der Waals surface area contributed by atoms with Crippen molar-refractivity contribution in [3.05, 3.63) is 0 Å². The lowest BCUT2D eigenvalue weighted by Crippen LogP contribution is -2.50. The van der Waals surface area contributed by atoms with Crippen LogP contribution in [0.4, 0.5) is 0 Å². The minimum atomic E-state index is -0.0798. The lowest BCUT2D eigenvalue weighted by atomic mass is 9.82. The highest BCUT2D eigenvalue weighted by molar-refractivity contribution is 7.99. The minimum Gasteiger partial charge on any atom is -0.368 e. The summed E-state index contributed by atoms with van der Waals surface area (Å²) in [6.07, 6.45) is 1.33. The summed E-state index contributed by atoms with van der Waals surface area (Å²) in [6.45, 7) is 12.6. The Morgan fingerprint density at radius 1 is 1.16 bits per heavy atom. The van der Waals surface area contributed by atoms with E-state index in [9.17, 15) is 0 Å². The summed E-state index contributed by atoms with van der Waals surface area (Å²) in [6, 6.07) is 0.429. The zero-order valence-corrected chi connectivity index (χ0v) is 14.0. The van der Waals surface area contributed by atoms with Crippen LogP contribution in [-0.4, -0.2) is 60.3 Å². The molecule has 2 heterocycles. The van der Waals surface area contributed by atoms with Crippen molar-refractivity contribution in [3.8, 4) is 0 Å². The lowest BCUT2D eigenvalue weighted by Gasteiger charge is -2.33. The predicted molar refractivity (Wildman–Crippen MR) is 84.0 cm³/mol. The van der Waals surface area contributed by atoms with Crippen molar-refractivity contribution in [1.82, 2.24) is 10.2 Å². The van der Waals surface area contributed by atoms with Gasteiger partial charge in [0.15, 0.2) is 0 Å². The summed E-state index contributed by atoms with van der Waals surface area (Å²) in [7, 11) is 2.07. The van der Waals surface area contributed by atoms with Crippen LogP contribution in [0.15, 0.2) is 0 Å². The second kappa shape index (κ2) is 5.92. The maximum atomic E-state index is 6.33. The van der Waals surface area contributed by atoms with E-state index < -0.39 is 0 Å². The number of nitrogens with zero attached hydrogens (tertiary/aromatic N) is 1. The molecule has 0 aromatic heterocycles. The average Bonchev–Trinajstić information content (AvgIpc) is 2.50. The maximum absolute atomic E-state index is 6.33. The maximum Gasteiger partial charge on any atom is 0.0790 e. The quantitative estimate of drug-likeness (QED) is 0.860. The molecule has 1 N–H and O–H groups in total. The SMILES string of the molecule is CNC1C(CN2CCCSCC2)C(C)(C)OC1(C)C. The number of hydrogen-bond acceptors (Lipinski definition) is 4. The standard InChI is InChI=1S/C15H30N2OS/c1-14(2)12(13(16-5)15(3,4)18-14)11-17-7-6-9-19-10-8-17/h12-13,16H,6-11H2,1-5H3. The summed E-state index contributed by atoms with van der Waals surface area (Å²) in [5.74, 6) is 3.15. The molecule has 0 aliphatic carbocycles. The first-order chi connectivity index (χ1) is 8.87. The Bertz CT molecular complexity index is 299. The van der Waals surface area contributed by atoms with E-state index in [4.69, 9.17) is 4.74 Å². The molecule has 2 aliphatic rings. The van der Waals surface area contributed by atoms with E-state index in [1.54, 1.807) is 0 Å². The summed E-state index contributed by atoms with van der Waals surface area (Å²) >= 11 is 2.10. The molecule has 4 heteroatoms. The van der Waals surface area contributed by atoms with Crippen molar-refractivity contribution in [3.63, 3.8) is 0 Å². The molecule has 0 bridgehead atoms. The van der Waals surface area contributed by atoms with E-state index in [-0.39, 0.29) is 11.2 Å². The molecule has 0 spiro atoms. The van der Waals surface area contributed by atoms with Crippen LogP contribution >= 0.6 is 11.8 Å². The van der Waals surface area contributed by atoms with E-state index >= 15 is 0 Å². The van der Waals surface area contributed by atoms with Gasteiger partial charge in [-0.1, -0.05) is 0 Å². The van der Waals surface area contributed by atoms with Crippen molar-refractivity contribution < 1.29 is 4.74 Å². The molecule has 0 saturated carbocycles.